The fourth-order valence-electron chi connectivity index (χ4n) is 4.20. The highest BCUT2D eigenvalue weighted by Gasteiger charge is 2.56. The predicted octanol–water partition coefficient (Wildman–Crippen LogP) is 0.842. The standard InChI is InChI=1S/C15H27NO4S/c1-19-8-6-16-11-15(13-4-9-21(17,18)10-13)5-7-20-14(15)12-2-3-12/h12-14,16H,2-11H2,1H3. The van der Waals surface area contributed by atoms with E-state index in [4.69, 9.17) is 9.47 Å². The lowest BCUT2D eigenvalue weighted by Gasteiger charge is -2.39. The van der Waals surface area contributed by atoms with Crippen molar-refractivity contribution in [1.29, 1.82) is 0 Å². The van der Waals surface area contributed by atoms with Crippen molar-refractivity contribution in [2.45, 2.75) is 31.8 Å². The zero-order valence-electron chi connectivity index (χ0n) is 12.8. The largest absolute Gasteiger partial charge is 0.383 e. The van der Waals surface area contributed by atoms with Crippen molar-refractivity contribution in [3.8, 4) is 0 Å². The minimum atomic E-state index is -2.84. The Kier molecular flexibility index (Phi) is 4.60. The van der Waals surface area contributed by atoms with Crippen LogP contribution in [0.1, 0.15) is 25.7 Å². The lowest BCUT2D eigenvalue weighted by Crippen LogP contribution is -2.48. The molecule has 0 radical (unpaired) electrons. The van der Waals surface area contributed by atoms with Crippen LogP contribution in [-0.4, -0.2) is 59.4 Å². The first kappa shape index (κ1) is 15.7. The third kappa shape index (κ3) is 3.28. The van der Waals surface area contributed by atoms with E-state index in [9.17, 15) is 8.42 Å². The smallest absolute Gasteiger partial charge is 0.150 e. The van der Waals surface area contributed by atoms with Gasteiger partial charge in [-0.3, -0.25) is 0 Å². The highest BCUT2D eigenvalue weighted by atomic mass is 32.2. The maximum atomic E-state index is 11.9. The molecule has 2 aliphatic heterocycles. The molecule has 0 aromatic carbocycles. The molecular weight excluding hydrogens is 290 g/mol. The van der Waals surface area contributed by atoms with E-state index in [1.807, 2.05) is 0 Å². The van der Waals surface area contributed by atoms with Gasteiger partial charge in [0, 0.05) is 32.2 Å². The molecule has 2 saturated heterocycles. The van der Waals surface area contributed by atoms with Crippen LogP contribution in [0.2, 0.25) is 0 Å². The van der Waals surface area contributed by atoms with Crippen LogP contribution in [0.3, 0.4) is 0 Å². The van der Waals surface area contributed by atoms with E-state index in [1.54, 1.807) is 7.11 Å². The lowest BCUT2D eigenvalue weighted by molar-refractivity contribution is 0.00436. The third-order valence-electron chi connectivity index (χ3n) is 5.46. The number of ether oxygens (including phenoxy) is 2. The van der Waals surface area contributed by atoms with Crippen molar-refractivity contribution in [1.82, 2.24) is 5.32 Å². The summed E-state index contributed by atoms with van der Waals surface area (Å²) >= 11 is 0. The summed E-state index contributed by atoms with van der Waals surface area (Å²) in [6.45, 7) is 3.14. The van der Waals surface area contributed by atoms with Gasteiger partial charge in [0.15, 0.2) is 9.84 Å². The molecule has 122 valence electrons. The van der Waals surface area contributed by atoms with E-state index >= 15 is 0 Å². The Labute approximate surface area is 127 Å². The average molecular weight is 317 g/mol. The Morgan fingerprint density at radius 2 is 2.14 bits per heavy atom. The fraction of sp³-hybridized carbons (Fsp3) is 1.00. The molecule has 0 bridgehead atoms. The summed E-state index contributed by atoms with van der Waals surface area (Å²) in [5, 5.41) is 3.49. The SMILES string of the molecule is COCCNCC1(C2CCS(=O)(=O)C2)CCOC1C1CC1. The Morgan fingerprint density at radius 1 is 1.33 bits per heavy atom. The van der Waals surface area contributed by atoms with Gasteiger partial charge in [-0.05, 0) is 37.5 Å². The Balaban J connectivity index is 1.74. The van der Waals surface area contributed by atoms with Crippen LogP contribution in [0, 0.1) is 17.3 Å². The van der Waals surface area contributed by atoms with Gasteiger partial charge in [-0.15, -0.1) is 0 Å². The van der Waals surface area contributed by atoms with E-state index in [0.717, 1.165) is 32.5 Å². The Morgan fingerprint density at radius 3 is 2.76 bits per heavy atom. The molecule has 3 atom stereocenters. The lowest BCUT2D eigenvalue weighted by atomic mass is 9.68. The fourth-order valence-corrected chi connectivity index (χ4v) is 6.12. The van der Waals surface area contributed by atoms with Gasteiger partial charge in [0.25, 0.3) is 0 Å². The van der Waals surface area contributed by atoms with E-state index in [0.29, 0.717) is 24.0 Å². The summed E-state index contributed by atoms with van der Waals surface area (Å²) in [5.74, 6) is 1.62. The molecule has 1 saturated carbocycles. The first-order chi connectivity index (χ1) is 10.1. The number of nitrogens with one attached hydrogen (secondary N) is 1. The molecule has 0 amide bonds. The van der Waals surface area contributed by atoms with Crippen LogP contribution in [0.4, 0.5) is 0 Å². The topological polar surface area (TPSA) is 64.6 Å². The van der Waals surface area contributed by atoms with Crippen molar-refractivity contribution >= 4 is 9.84 Å². The zero-order valence-corrected chi connectivity index (χ0v) is 13.7. The quantitative estimate of drug-likeness (QED) is 0.705. The molecule has 21 heavy (non-hydrogen) atoms. The molecule has 3 rings (SSSR count). The molecular formula is C15H27NO4S. The van der Waals surface area contributed by atoms with Gasteiger partial charge in [0.1, 0.15) is 0 Å². The van der Waals surface area contributed by atoms with Crippen molar-refractivity contribution in [2.75, 3.05) is 44.9 Å². The number of rotatable bonds is 7. The van der Waals surface area contributed by atoms with Crippen LogP contribution < -0.4 is 5.32 Å². The minimum Gasteiger partial charge on any atom is -0.383 e. The van der Waals surface area contributed by atoms with E-state index < -0.39 is 9.84 Å². The second-order valence-electron chi connectivity index (χ2n) is 6.88. The molecule has 0 aromatic heterocycles. The first-order valence-electron chi connectivity index (χ1n) is 8.09. The summed E-state index contributed by atoms with van der Waals surface area (Å²) in [7, 11) is -1.14. The minimum absolute atomic E-state index is 0.0124. The number of hydrogen-bond acceptors (Lipinski definition) is 5. The van der Waals surface area contributed by atoms with Crippen LogP contribution in [0.15, 0.2) is 0 Å². The second kappa shape index (κ2) is 6.14. The molecule has 5 nitrogen and oxygen atoms in total. The molecule has 6 heteroatoms. The zero-order chi connectivity index (χ0) is 14.9. The van der Waals surface area contributed by atoms with E-state index in [-0.39, 0.29) is 17.4 Å². The first-order valence-corrected chi connectivity index (χ1v) is 9.91. The van der Waals surface area contributed by atoms with Gasteiger partial charge >= 0.3 is 0 Å². The van der Waals surface area contributed by atoms with Crippen molar-refractivity contribution in [3.05, 3.63) is 0 Å². The summed E-state index contributed by atoms with van der Waals surface area (Å²) in [6.07, 6.45) is 4.54. The molecule has 0 spiro atoms. The Hall–Kier alpha value is -0.170. The average Bonchev–Trinajstić information content (AvgIpc) is 3.09. The molecule has 2 heterocycles. The highest BCUT2D eigenvalue weighted by molar-refractivity contribution is 7.91. The number of sulfone groups is 1. The Bertz CT molecular complexity index is 462. The van der Waals surface area contributed by atoms with Crippen LogP contribution in [0.5, 0.6) is 0 Å². The molecule has 3 fully saturated rings. The van der Waals surface area contributed by atoms with Crippen LogP contribution >= 0.6 is 0 Å². The molecule has 3 unspecified atom stereocenters. The molecule has 3 aliphatic rings. The molecule has 1 N–H and O–H groups in total. The van der Waals surface area contributed by atoms with Crippen molar-refractivity contribution < 1.29 is 17.9 Å². The number of methoxy groups -OCH3 is 1. The van der Waals surface area contributed by atoms with Crippen molar-refractivity contribution in [3.63, 3.8) is 0 Å². The second-order valence-corrected chi connectivity index (χ2v) is 9.11. The summed E-state index contributed by atoms with van der Waals surface area (Å²) in [6, 6.07) is 0. The van der Waals surface area contributed by atoms with Gasteiger partial charge in [-0.25, -0.2) is 8.42 Å². The monoisotopic (exact) mass is 317 g/mol. The van der Waals surface area contributed by atoms with Gasteiger partial charge in [0.05, 0.1) is 24.2 Å². The van der Waals surface area contributed by atoms with E-state index in [2.05, 4.69) is 5.32 Å². The highest BCUT2D eigenvalue weighted by Crippen LogP contribution is 2.53. The summed E-state index contributed by atoms with van der Waals surface area (Å²) in [4.78, 5) is 0. The number of hydrogen-bond donors (Lipinski definition) is 1. The predicted molar refractivity (Wildman–Crippen MR) is 81.0 cm³/mol. The van der Waals surface area contributed by atoms with Crippen molar-refractivity contribution in [2.24, 2.45) is 17.3 Å². The normalized spacial score (nSPS) is 38.9. The van der Waals surface area contributed by atoms with Gasteiger partial charge < -0.3 is 14.8 Å². The molecule has 1 aliphatic carbocycles. The van der Waals surface area contributed by atoms with Crippen LogP contribution in [-0.2, 0) is 19.3 Å². The van der Waals surface area contributed by atoms with Gasteiger partial charge in [0.2, 0.25) is 0 Å². The van der Waals surface area contributed by atoms with E-state index in [1.165, 1.54) is 12.8 Å². The van der Waals surface area contributed by atoms with Crippen LogP contribution in [0.25, 0.3) is 0 Å². The van der Waals surface area contributed by atoms with Gasteiger partial charge in [-0.2, -0.15) is 0 Å². The molecule has 0 aromatic rings. The maximum Gasteiger partial charge on any atom is 0.150 e. The summed E-state index contributed by atoms with van der Waals surface area (Å²) in [5.41, 5.74) is 0.0124. The van der Waals surface area contributed by atoms with Gasteiger partial charge in [-0.1, -0.05) is 0 Å². The summed E-state index contributed by atoms with van der Waals surface area (Å²) < 4.78 is 35.0. The maximum absolute atomic E-state index is 11.9. The third-order valence-corrected chi connectivity index (χ3v) is 7.23.